The van der Waals surface area contributed by atoms with Gasteiger partial charge in [-0.3, -0.25) is 0 Å². The lowest BCUT2D eigenvalue weighted by atomic mass is 9.97. The van der Waals surface area contributed by atoms with Crippen LogP contribution in [0.2, 0.25) is 0 Å². The largest absolute Gasteiger partial charge is 0.416 e. The van der Waals surface area contributed by atoms with Gasteiger partial charge in [0.2, 0.25) is 0 Å². The van der Waals surface area contributed by atoms with Gasteiger partial charge in [-0.05, 0) is 25.0 Å². The summed E-state index contributed by atoms with van der Waals surface area (Å²) in [7, 11) is 1.92. The Bertz CT molecular complexity index is 933. The molecule has 1 fully saturated rings. The van der Waals surface area contributed by atoms with Crippen LogP contribution in [0.4, 0.5) is 19.0 Å². The van der Waals surface area contributed by atoms with E-state index < -0.39 is 11.7 Å². The number of hydrogen-bond acceptors (Lipinski definition) is 5. The average molecular weight is 391 g/mol. The summed E-state index contributed by atoms with van der Waals surface area (Å²) in [6.07, 6.45) is 3.88. The van der Waals surface area contributed by atoms with Gasteiger partial charge in [0.1, 0.15) is 11.6 Å². The zero-order valence-corrected chi connectivity index (χ0v) is 15.3. The van der Waals surface area contributed by atoms with Gasteiger partial charge in [0, 0.05) is 44.6 Å². The van der Waals surface area contributed by atoms with E-state index in [1.165, 1.54) is 6.20 Å². The van der Waals surface area contributed by atoms with Crippen LogP contribution in [-0.2, 0) is 19.8 Å². The zero-order chi connectivity index (χ0) is 19.7. The van der Waals surface area contributed by atoms with Crippen LogP contribution in [0.5, 0.6) is 0 Å². The van der Waals surface area contributed by atoms with Crippen LogP contribution in [0.3, 0.4) is 0 Å². The van der Waals surface area contributed by atoms with E-state index in [0.717, 1.165) is 36.6 Å². The molecule has 0 radical (unpaired) electrons. The SMILES string of the molecule is Cn1c(Cn2ccnc2)nnc1C1CCCN(c2cc(C(F)(F)F)ccn2)C1. The van der Waals surface area contributed by atoms with Gasteiger partial charge in [-0.2, -0.15) is 13.2 Å². The molecular weight excluding hydrogens is 371 g/mol. The number of alkyl halides is 3. The Morgan fingerprint density at radius 3 is 2.82 bits per heavy atom. The van der Waals surface area contributed by atoms with Gasteiger partial charge in [-0.1, -0.05) is 0 Å². The smallest absolute Gasteiger partial charge is 0.356 e. The van der Waals surface area contributed by atoms with Crippen molar-refractivity contribution < 1.29 is 13.2 Å². The molecule has 1 atom stereocenters. The number of anilines is 1. The Hall–Kier alpha value is -2.91. The van der Waals surface area contributed by atoms with Crippen molar-refractivity contribution in [2.45, 2.75) is 31.5 Å². The van der Waals surface area contributed by atoms with E-state index in [-0.39, 0.29) is 5.92 Å². The van der Waals surface area contributed by atoms with Crippen molar-refractivity contribution >= 4 is 5.82 Å². The maximum atomic E-state index is 13.0. The second-order valence-electron chi connectivity index (χ2n) is 6.95. The highest BCUT2D eigenvalue weighted by atomic mass is 19.4. The monoisotopic (exact) mass is 391 g/mol. The molecule has 0 saturated carbocycles. The summed E-state index contributed by atoms with van der Waals surface area (Å²) in [5.74, 6) is 2.08. The van der Waals surface area contributed by atoms with Gasteiger partial charge in [0.05, 0.1) is 18.4 Å². The van der Waals surface area contributed by atoms with Gasteiger partial charge in [0.25, 0.3) is 0 Å². The molecule has 0 N–H and O–H groups in total. The predicted molar refractivity (Wildman–Crippen MR) is 95.8 cm³/mol. The molecule has 4 heterocycles. The summed E-state index contributed by atoms with van der Waals surface area (Å²) >= 11 is 0. The molecule has 1 aliphatic heterocycles. The van der Waals surface area contributed by atoms with Crippen LogP contribution in [0.15, 0.2) is 37.1 Å². The van der Waals surface area contributed by atoms with Crippen LogP contribution < -0.4 is 4.90 Å². The topological polar surface area (TPSA) is 64.7 Å². The van der Waals surface area contributed by atoms with Crippen molar-refractivity contribution in [1.29, 1.82) is 0 Å². The molecule has 4 rings (SSSR count). The third-order valence-corrected chi connectivity index (χ3v) is 5.07. The fourth-order valence-corrected chi connectivity index (χ4v) is 3.58. The predicted octanol–water partition coefficient (Wildman–Crippen LogP) is 2.86. The van der Waals surface area contributed by atoms with Crippen molar-refractivity contribution in [3.8, 4) is 0 Å². The van der Waals surface area contributed by atoms with Crippen LogP contribution in [-0.4, -0.2) is 42.4 Å². The van der Waals surface area contributed by atoms with E-state index in [4.69, 9.17) is 0 Å². The van der Waals surface area contributed by atoms with E-state index >= 15 is 0 Å². The molecule has 148 valence electrons. The third kappa shape index (κ3) is 3.71. The molecule has 0 bridgehead atoms. The molecule has 28 heavy (non-hydrogen) atoms. The van der Waals surface area contributed by atoms with E-state index in [1.54, 1.807) is 12.5 Å². The Morgan fingerprint density at radius 1 is 1.21 bits per heavy atom. The molecule has 3 aromatic rings. The lowest BCUT2D eigenvalue weighted by Crippen LogP contribution is -2.36. The minimum atomic E-state index is -4.38. The number of halogens is 3. The number of pyridine rings is 1. The number of rotatable bonds is 4. The van der Waals surface area contributed by atoms with Gasteiger partial charge >= 0.3 is 6.18 Å². The summed E-state index contributed by atoms with van der Waals surface area (Å²) in [4.78, 5) is 10.1. The quantitative estimate of drug-likeness (QED) is 0.684. The number of piperidine rings is 1. The molecule has 7 nitrogen and oxygen atoms in total. The molecule has 10 heteroatoms. The second-order valence-corrected chi connectivity index (χ2v) is 6.95. The Balaban J connectivity index is 1.52. The minimum Gasteiger partial charge on any atom is -0.356 e. The third-order valence-electron chi connectivity index (χ3n) is 5.07. The number of hydrogen-bond donors (Lipinski definition) is 0. The first kappa shape index (κ1) is 18.5. The molecule has 3 aromatic heterocycles. The average Bonchev–Trinajstić information content (AvgIpc) is 3.32. The Labute approximate surface area is 159 Å². The lowest BCUT2D eigenvalue weighted by Gasteiger charge is -2.33. The maximum Gasteiger partial charge on any atom is 0.416 e. The highest BCUT2D eigenvalue weighted by Gasteiger charge is 2.32. The molecule has 0 aromatic carbocycles. The van der Waals surface area contributed by atoms with E-state index in [9.17, 15) is 13.2 Å². The Kier molecular flexibility index (Phi) is 4.78. The van der Waals surface area contributed by atoms with Crippen LogP contribution in [0.1, 0.15) is 36.0 Å². The first-order valence-electron chi connectivity index (χ1n) is 9.04. The number of imidazole rings is 1. The highest BCUT2D eigenvalue weighted by molar-refractivity contribution is 5.43. The highest BCUT2D eigenvalue weighted by Crippen LogP contribution is 2.33. The minimum absolute atomic E-state index is 0.0825. The van der Waals surface area contributed by atoms with Crippen molar-refractivity contribution in [3.05, 3.63) is 54.3 Å². The van der Waals surface area contributed by atoms with E-state index in [2.05, 4.69) is 20.2 Å². The van der Waals surface area contributed by atoms with Crippen molar-refractivity contribution in [3.63, 3.8) is 0 Å². The van der Waals surface area contributed by atoms with E-state index in [0.29, 0.717) is 25.5 Å². The van der Waals surface area contributed by atoms with Gasteiger partial charge in [-0.25, -0.2) is 9.97 Å². The summed E-state index contributed by atoms with van der Waals surface area (Å²) in [5, 5.41) is 8.65. The van der Waals surface area contributed by atoms with Gasteiger partial charge < -0.3 is 14.0 Å². The fourth-order valence-electron chi connectivity index (χ4n) is 3.58. The molecule has 1 aliphatic rings. The molecule has 0 aliphatic carbocycles. The summed E-state index contributed by atoms with van der Waals surface area (Å²) < 4.78 is 42.9. The first-order chi connectivity index (χ1) is 13.4. The standard InChI is InChI=1S/C18H20F3N7/c1-26-16(11-27-8-6-22-12-27)24-25-17(26)13-3-2-7-28(10-13)15-9-14(4-5-23-15)18(19,20)21/h4-6,8-9,12-13H,2-3,7,10-11H2,1H3. The summed E-state index contributed by atoms with van der Waals surface area (Å²) in [6.45, 7) is 1.80. The van der Waals surface area contributed by atoms with Gasteiger partial charge in [0.15, 0.2) is 5.82 Å². The maximum absolute atomic E-state index is 13.0. The van der Waals surface area contributed by atoms with E-state index in [1.807, 2.05) is 27.3 Å². The molecule has 1 saturated heterocycles. The van der Waals surface area contributed by atoms with Crippen molar-refractivity contribution in [2.75, 3.05) is 18.0 Å². The van der Waals surface area contributed by atoms with Crippen LogP contribution in [0, 0.1) is 0 Å². The van der Waals surface area contributed by atoms with Crippen LogP contribution in [0.25, 0.3) is 0 Å². The normalized spacial score (nSPS) is 17.9. The number of aromatic nitrogens is 6. The number of nitrogens with zero attached hydrogens (tertiary/aromatic N) is 7. The molecule has 0 spiro atoms. The fraction of sp³-hybridized carbons (Fsp3) is 0.444. The summed E-state index contributed by atoms with van der Waals surface area (Å²) in [6, 6.07) is 2.11. The van der Waals surface area contributed by atoms with Crippen molar-refractivity contribution in [2.24, 2.45) is 7.05 Å². The first-order valence-corrected chi connectivity index (χ1v) is 9.04. The summed E-state index contributed by atoms with van der Waals surface area (Å²) in [5.41, 5.74) is -0.680. The molecule has 0 amide bonds. The van der Waals surface area contributed by atoms with Crippen LogP contribution >= 0.6 is 0 Å². The van der Waals surface area contributed by atoms with Crippen molar-refractivity contribution in [1.82, 2.24) is 29.3 Å². The molecular formula is C18H20F3N7. The Morgan fingerprint density at radius 2 is 2.07 bits per heavy atom. The lowest BCUT2D eigenvalue weighted by molar-refractivity contribution is -0.137. The molecule has 1 unspecified atom stereocenters. The zero-order valence-electron chi connectivity index (χ0n) is 15.3. The second kappa shape index (κ2) is 7.25. The van der Waals surface area contributed by atoms with Gasteiger partial charge in [-0.15, -0.1) is 10.2 Å².